The topological polar surface area (TPSA) is 85.5 Å². The fraction of sp³-hybridized carbons (Fsp3) is 0.278. The van der Waals surface area contributed by atoms with Gasteiger partial charge in [-0.05, 0) is 44.5 Å². The number of methoxy groups -OCH3 is 1. The van der Waals surface area contributed by atoms with Crippen LogP contribution in [0, 0.1) is 13.8 Å². The number of nitrogens with one attached hydrogen (secondary N) is 1. The molecular formula is C18H17Cl2NO5. The van der Waals surface area contributed by atoms with E-state index in [0.29, 0.717) is 21.8 Å². The summed E-state index contributed by atoms with van der Waals surface area (Å²) in [7, 11) is 1.26. The highest BCUT2D eigenvalue weighted by Crippen LogP contribution is 2.24. The minimum atomic E-state index is -1.07. The molecule has 138 valence electrons. The molecule has 0 amide bonds. The van der Waals surface area contributed by atoms with Gasteiger partial charge in [0.2, 0.25) is 5.78 Å². The van der Waals surface area contributed by atoms with Crippen LogP contribution in [-0.2, 0) is 9.47 Å². The van der Waals surface area contributed by atoms with Crippen molar-refractivity contribution in [2.75, 3.05) is 7.11 Å². The lowest BCUT2D eigenvalue weighted by Crippen LogP contribution is -2.25. The van der Waals surface area contributed by atoms with Gasteiger partial charge in [-0.2, -0.15) is 0 Å². The molecule has 0 bridgehead atoms. The molecule has 0 spiro atoms. The summed E-state index contributed by atoms with van der Waals surface area (Å²) in [5.41, 5.74) is 1.60. The van der Waals surface area contributed by atoms with Crippen LogP contribution in [0.1, 0.15) is 49.4 Å². The Morgan fingerprint density at radius 3 is 2.31 bits per heavy atom. The molecule has 0 aliphatic heterocycles. The van der Waals surface area contributed by atoms with Gasteiger partial charge in [-0.3, -0.25) is 4.79 Å². The lowest BCUT2D eigenvalue weighted by molar-refractivity contribution is 0.0316. The van der Waals surface area contributed by atoms with Crippen LogP contribution < -0.4 is 0 Å². The number of ketones is 1. The van der Waals surface area contributed by atoms with Crippen LogP contribution in [0.5, 0.6) is 0 Å². The molecule has 0 fully saturated rings. The third-order valence-electron chi connectivity index (χ3n) is 3.88. The largest absolute Gasteiger partial charge is 0.465 e. The first-order chi connectivity index (χ1) is 12.2. The van der Waals surface area contributed by atoms with Gasteiger partial charge in [0.05, 0.1) is 34.0 Å². The van der Waals surface area contributed by atoms with E-state index in [9.17, 15) is 14.4 Å². The van der Waals surface area contributed by atoms with E-state index in [-0.39, 0.29) is 16.3 Å². The number of benzene rings is 1. The van der Waals surface area contributed by atoms with Crippen LogP contribution in [0.2, 0.25) is 10.0 Å². The smallest absolute Gasteiger partial charge is 0.339 e. The number of H-pyrrole nitrogens is 1. The summed E-state index contributed by atoms with van der Waals surface area (Å²) >= 11 is 11.7. The summed E-state index contributed by atoms with van der Waals surface area (Å²) in [5.74, 6) is -1.72. The highest BCUT2D eigenvalue weighted by molar-refractivity contribution is 6.42. The molecule has 2 rings (SSSR count). The fourth-order valence-corrected chi connectivity index (χ4v) is 2.81. The third-order valence-corrected chi connectivity index (χ3v) is 4.62. The van der Waals surface area contributed by atoms with E-state index in [1.165, 1.54) is 32.2 Å². The fourth-order valence-electron chi connectivity index (χ4n) is 2.51. The van der Waals surface area contributed by atoms with E-state index in [0.717, 1.165) is 0 Å². The Morgan fingerprint density at radius 1 is 1.08 bits per heavy atom. The number of carbonyl (C=O) groups excluding carboxylic acids is 3. The highest BCUT2D eigenvalue weighted by atomic mass is 35.5. The number of halogens is 2. The van der Waals surface area contributed by atoms with Gasteiger partial charge in [0.1, 0.15) is 0 Å². The van der Waals surface area contributed by atoms with Crippen molar-refractivity contribution in [3.63, 3.8) is 0 Å². The first-order valence-corrected chi connectivity index (χ1v) is 8.40. The second-order valence-electron chi connectivity index (χ2n) is 5.66. The molecule has 8 heteroatoms. The number of aromatic amines is 1. The molecule has 26 heavy (non-hydrogen) atoms. The van der Waals surface area contributed by atoms with Gasteiger partial charge in [0.25, 0.3) is 0 Å². The number of aromatic nitrogens is 1. The Hall–Kier alpha value is -2.31. The Kier molecular flexibility index (Phi) is 6.10. The summed E-state index contributed by atoms with van der Waals surface area (Å²) in [4.78, 5) is 39.5. The van der Waals surface area contributed by atoms with E-state index in [2.05, 4.69) is 4.98 Å². The van der Waals surface area contributed by atoms with E-state index in [1.54, 1.807) is 13.8 Å². The quantitative estimate of drug-likeness (QED) is 0.604. The van der Waals surface area contributed by atoms with Crippen LogP contribution in [0.4, 0.5) is 0 Å². The van der Waals surface area contributed by atoms with Gasteiger partial charge in [-0.1, -0.05) is 23.2 Å². The first-order valence-electron chi connectivity index (χ1n) is 7.65. The van der Waals surface area contributed by atoms with Crippen molar-refractivity contribution >= 4 is 40.9 Å². The molecule has 0 saturated heterocycles. The molecule has 0 aliphatic carbocycles. The monoisotopic (exact) mass is 397 g/mol. The number of rotatable bonds is 5. The molecule has 1 atom stereocenters. The van der Waals surface area contributed by atoms with Gasteiger partial charge in [-0.25, -0.2) is 9.59 Å². The van der Waals surface area contributed by atoms with E-state index < -0.39 is 23.8 Å². The molecule has 1 aromatic carbocycles. The molecule has 2 aromatic rings. The average molecular weight is 398 g/mol. The second kappa shape index (κ2) is 7.93. The van der Waals surface area contributed by atoms with Gasteiger partial charge in [0, 0.05) is 5.69 Å². The highest BCUT2D eigenvalue weighted by Gasteiger charge is 2.27. The lowest BCUT2D eigenvalue weighted by atomic mass is 10.1. The van der Waals surface area contributed by atoms with E-state index >= 15 is 0 Å². The zero-order valence-corrected chi connectivity index (χ0v) is 16.1. The molecule has 0 radical (unpaired) electrons. The lowest BCUT2D eigenvalue weighted by Gasteiger charge is -2.12. The minimum Gasteiger partial charge on any atom is -0.465 e. The number of ether oxygens (including phenoxy) is 2. The molecule has 0 aliphatic rings. The van der Waals surface area contributed by atoms with Crippen molar-refractivity contribution in [3.8, 4) is 0 Å². The Labute approximate surface area is 160 Å². The SMILES string of the molecule is COC(=O)c1c(C)[nH]c(C(=O)[C@H](C)OC(=O)c2ccc(Cl)c(Cl)c2)c1C. The predicted molar refractivity (Wildman–Crippen MR) is 97.3 cm³/mol. The number of Topliss-reactive ketones (excluding diaryl/α,β-unsaturated/α-hetero) is 1. The molecule has 6 nitrogen and oxygen atoms in total. The first kappa shape index (κ1) is 20.0. The van der Waals surface area contributed by atoms with Crippen LogP contribution in [-0.4, -0.2) is 35.9 Å². The van der Waals surface area contributed by atoms with Crippen LogP contribution in [0.25, 0.3) is 0 Å². The molecule has 0 saturated carbocycles. The maximum atomic E-state index is 12.6. The van der Waals surface area contributed by atoms with Crippen molar-refractivity contribution in [2.45, 2.75) is 26.9 Å². The number of esters is 2. The minimum absolute atomic E-state index is 0.175. The predicted octanol–water partition coefficient (Wildman–Crippen LogP) is 4.15. The Bertz CT molecular complexity index is 888. The standard InChI is InChI=1S/C18H17Cl2NO5/c1-8-14(18(24)25-4)9(2)21-15(8)16(22)10(3)26-17(23)11-5-6-12(19)13(20)7-11/h5-7,10,21H,1-4H3/t10-/m0/s1. The van der Waals surface area contributed by atoms with Gasteiger partial charge >= 0.3 is 11.9 Å². The summed E-state index contributed by atoms with van der Waals surface area (Å²) < 4.78 is 9.93. The molecule has 1 N–H and O–H groups in total. The van der Waals surface area contributed by atoms with Crippen molar-refractivity contribution in [1.82, 2.24) is 4.98 Å². The van der Waals surface area contributed by atoms with Gasteiger partial charge in [-0.15, -0.1) is 0 Å². The van der Waals surface area contributed by atoms with E-state index in [4.69, 9.17) is 32.7 Å². The maximum Gasteiger partial charge on any atom is 0.339 e. The number of hydrogen-bond acceptors (Lipinski definition) is 5. The number of hydrogen-bond donors (Lipinski definition) is 1. The molecule has 1 aromatic heterocycles. The second-order valence-corrected chi connectivity index (χ2v) is 6.47. The normalized spacial score (nSPS) is 11.8. The zero-order chi connectivity index (χ0) is 19.6. The number of carbonyl (C=O) groups is 3. The molecule has 1 heterocycles. The Balaban J connectivity index is 2.21. The van der Waals surface area contributed by atoms with Crippen molar-refractivity contribution in [1.29, 1.82) is 0 Å². The summed E-state index contributed by atoms with van der Waals surface area (Å²) in [6.07, 6.45) is -1.07. The zero-order valence-electron chi connectivity index (χ0n) is 14.6. The maximum absolute atomic E-state index is 12.6. The van der Waals surface area contributed by atoms with E-state index in [1.807, 2.05) is 0 Å². The van der Waals surface area contributed by atoms with Gasteiger partial charge < -0.3 is 14.5 Å². The van der Waals surface area contributed by atoms with Crippen molar-refractivity contribution in [2.24, 2.45) is 0 Å². The van der Waals surface area contributed by atoms with Crippen LogP contribution in [0.15, 0.2) is 18.2 Å². The Morgan fingerprint density at radius 2 is 1.73 bits per heavy atom. The van der Waals surface area contributed by atoms with Crippen molar-refractivity contribution in [3.05, 3.63) is 56.3 Å². The summed E-state index contributed by atoms with van der Waals surface area (Å²) in [5, 5.41) is 0.513. The average Bonchev–Trinajstić information content (AvgIpc) is 2.90. The molecular weight excluding hydrogens is 381 g/mol. The van der Waals surface area contributed by atoms with Gasteiger partial charge in [0.15, 0.2) is 6.10 Å². The van der Waals surface area contributed by atoms with Crippen LogP contribution in [0.3, 0.4) is 0 Å². The van der Waals surface area contributed by atoms with Crippen molar-refractivity contribution < 1.29 is 23.9 Å². The number of aryl methyl sites for hydroxylation is 1. The molecule has 0 unspecified atom stereocenters. The summed E-state index contributed by atoms with van der Waals surface area (Å²) in [6, 6.07) is 4.28. The third kappa shape index (κ3) is 3.92. The van der Waals surface area contributed by atoms with Crippen LogP contribution >= 0.6 is 23.2 Å². The summed E-state index contributed by atoms with van der Waals surface area (Å²) in [6.45, 7) is 4.73.